The molecule has 1 amide bonds. The molecule has 1 N–H and O–H groups in total. The molecule has 1 aliphatic heterocycles. The first-order chi connectivity index (χ1) is 8.31. The lowest BCUT2D eigenvalue weighted by atomic mass is 10.1. The lowest BCUT2D eigenvalue weighted by Crippen LogP contribution is -2.36. The number of nitrogens with zero attached hydrogens (tertiary/aromatic N) is 2. The zero-order valence-corrected chi connectivity index (χ0v) is 10.3. The van der Waals surface area contributed by atoms with Crippen LogP contribution >= 0.6 is 0 Å². The fraction of sp³-hybridized carbons (Fsp3) is 0.846. The summed E-state index contributed by atoms with van der Waals surface area (Å²) in [6.07, 6.45) is 6.10. The lowest BCUT2D eigenvalue weighted by molar-refractivity contribution is -0.130. The van der Waals surface area contributed by atoms with Crippen molar-refractivity contribution >= 4 is 5.91 Å². The Morgan fingerprint density at radius 1 is 1.29 bits per heavy atom. The number of carbonyl (C=O) groups is 1. The maximum absolute atomic E-state index is 11.8. The molecule has 4 nitrogen and oxygen atoms in total. The van der Waals surface area contributed by atoms with Crippen molar-refractivity contribution in [3.8, 4) is 6.07 Å². The van der Waals surface area contributed by atoms with E-state index in [9.17, 15) is 4.79 Å². The maximum Gasteiger partial charge on any atom is 0.223 e. The Balaban J connectivity index is 1.65. The number of nitriles is 1. The SMILES string of the molecule is N#CC1CCCC1NCCC(=O)N1CCCC1. The van der Waals surface area contributed by atoms with E-state index in [2.05, 4.69) is 11.4 Å². The molecule has 2 atom stereocenters. The highest BCUT2D eigenvalue weighted by atomic mass is 16.2. The third-order valence-corrected chi connectivity index (χ3v) is 3.89. The van der Waals surface area contributed by atoms with Gasteiger partial charge < -0.3 is 10.2 Å². The van der Waals surface area contributed by atoms with Crippen LogP contribution in [-0.2, 0) is 4.79 Å². The van der Waals surface area contributed by atoms with E-state index in [-0.39, 0.29) is 11.8 Å². The minimum atomic E-state index is 0.150. The van der Waals surface area contributed by atoms with Gasteiger partial charge in [-0.15, -0.1) is 0 Å². The van der Waals surface area contributed by atoms with Crippen molar-refractivity contribution in [1.82, 2.24) is 10.2 Å². The van der Waals surface area contributed by atoms with Gasteiger partial charge in [-0.1, -0.05) is 6.42 Å². The summed E-state index contributed by atoms with van der Waals surface area (Å²) in [5.41, 5.74) is 0. The Morgan fingerprint density at radius 3 is 2.76 bits per heavy atom. The topological polar surface area (TPSA) is 56.1 Å². The average molecular weight is 235 g/mol. The molecule has 0 spiro atoms. The van der Waals surface area contributed by atoms with Crippen LogP contribution in [0, 0.1) is 17.2 Å². The largest absolute Gasteiger partial charge is 0.343 e. The predicted octanol–water partition coefficient (Wildman–Crippen LogP) is 1.28. The number of nitrogens with one attached hydrogen (secondary N) is 1. The minimum Gasteiger partial charge on any atom is -0.343 e. The van der Waals surface area contributed by atoms with E-state index in [0.717, 1.165) is 51.7 Å². The summed E-state index contributed by atoms with van der Waals surface area (Å²) >= 11 is 0. The molecular formula is C13H21N3O. The molecule has 1 heterocycles. The second-order valence-electron chi connectivity index (χ2n) is 5.07. The van der Waals surface area contributed by atoms with Crippen LogP contribution in [0.5, 0.6) is 0 Å². The van der Waals surface area contributed by atoms with Gasteiger partial charge in [-0.3, -0.25) is 4.79 Å². The van der Waals surface area contributed by atoms with E-state index in [4.69, 9.17) is 5.26 Å². The molecule has 2 unspecified atom stereocenters. The Bertz CT molecular complexity index is 304. The summed E-state index contributed by atoms with van der Waals surface area (Å²) in [7, 11) is 0. The number of amides is 1. The first-order valence-electron chi connectivity index (χ1n) is 6.72. The summed E-state index contributed by atoms with van der Waals surface area (Å²) in [5, 5.41) is 12.3. The van der Waals surface area contributed by atoms with Gasteiger partial charge in [0.1, 0.15) is 0 Å². The van der Waals surface area contributed by atoms with Crippen LogP contribution in [0.25, 0.3) is 0 Å². The smallest absolute Gasteiger partial charge is 0.223 e. The Hall–Kier alpha value is -1.08. The number of hydrogen-bond donors (Lipinski definition) is 1. The first kappa shape index (κ1) is 12.4. The van der Waals surface area contributed by atoms with Crippen LogP contribution in [-0.4, -0.2) is 36.5 Å². The molecular weight excluding hydrogens is 214 g/mol. The summed E-state index contributed by atoms with van der Waals surface area (Å²) in [6.45, 7) is 2.59. The standard InChI is InChI=1S/C13H21N3O/c14-10-11-4-3-5-12(11)15-7-6-13(17)16-8-1-2-9-16/h11-12,15H,1-9H2. The van der Waals surface area contributed by atoms with Gasteiger partial charge in [0.15, 0.2) is 0 Å². The van der Waals surface area contributed by atoms with Gasteiger partial charge in [-0.05, 0) is 25.7 Å². The number of likely N-dealkylation sites (tertiary alicyclic amines) is 1. The normalized spacial score (nSPS) is 28.3. The summed E-state index contributed by atoms with van der Waals surface area (Å²) in [6, 6.07) is 2.66. The number of carbonyl (C=O) groups excluding carboxylic acids is 1. The molecule has 17 heavy (non-hydrogen) atoms. The van der Waals surface area contributed by atoms with E-state index in [0.29, 0.717) is 12.5 Å². The van der Waals surface area contributed by atoms with Crippen LogP contribution in [0.15, 0.2) is 0 Å². The van der Waals surface area contributed by atoms with Crippen LogP contribution in [0.4, 0.5) is 0 Å². The van der Waals surface area contributed by atoms with Crippen molar-refractivity contribution in [3.05, 3.63) is 0 Å². The second kappa shape index (κ2) is 6.02. The number of rotatable bonds is 4. The van der Waals surface area contributed by atoms with Crippen LogP contribution in [0.2, 0.25) is 0 Å². The van der Waals surface area contributed by atoms with E-state index < -0.39 is 0 Å². The highest BCUT2D eigenvalue weighted by Gasteiger charge is 2.26. The summed E-state index contributed by atoms with van der Waals surface area (Å²) < 4.78 is 0. The molecule has 1 saturated carbocycles. The highest BCUT2D eigenvalue weighted by molar-refractivity contribution is 5.76. The molecule has 0 aromatic carbocycles. The molecule has 0 radical (unpaired) electrons. The molecule has 0 bridgehead atoms. The quantitative estimate of drug-likeness (QED) is 0.798. The van der Waals surface area contributed by atoms with Gasteiger partial charge in [-0.2, -0.15) is 5.26 Å². The van der Waals surface area contributed by atoms with Crippen LogP contribution in [0.3, 0.4) is 0 Å². The third-order valence-electron chi connectivity index (χ3n) is 3.89. The minimum absolute atomic E-state index is 0.150. The highest BCUT2D eigenvalue weighted by Crippen LogP contribution is 2.24. The van der Waals surface area contributed by atoms with E-state index in [1.807, 2.05) is 4.90 Å². The Morgan fingerprint density at radius 2 is 2.06 bits per heavy atom. The van der Waals surface area contributed by atoms with Gasteiger partial charge >= 0.3 is 0 Å². The van der Waals surface area contributed by atoms with E-state index >= 15 is 0 Å². The monoisotopic (exact) mass is 235 g/mol. The third kappa shape index (κ3) is 3.19. The molecule has 2 fully saturated rings. The fourth-order valence-electron chi connectivity index (χ4n) is 2.85. The zero-order chi connectivity index (χ0) is 12.1. The molecule has 2 aliphatic rings. The van der Waals surface area contributed by atoms with Gasteiger partial charge in [0.2, 0.25) is 5.91 Å². The zero-order valence-electron chi connectivity index (χ0n) is 10.3. The molecule has 0 aromatic heterocycles. The van der Waals surface area contributed by atoms with Crippen molar-refractivity contribution < 1.29 is 4.79 Å². The van der Waals surface area contributed by atoms with Crippen molar-refractivity contribution in [2.24, 2.45) is 5.92 Å². The molecule has 4 heteroatoms. The van der Waals surface area contributed by atoms with E-state index in [1.54, 1.807) is 0 Å². The average Bonchev–Trinajstić information content (AvgIpc) is 2.99. The van der Waals surface area contributed by atoms with Crippen molar-refractivity contribution in [1.29, 1.82) is 5.26 Å². The van der Waals surface area contributed by atoms with Gasteiger partial charge in [0, 0.05) is 32.1 Å². The molecule has 2 rings (SSSR count). The fourth-order valence-corrected chi connectivity index (χ4v) is 2.85. The maximum atomic E-state index is 11.8. The van der Waals surface area contributed by atoms with E-state index in [1.165, 1.54) is 0 Å². The molecule has 1 aliphatic carbocycles. The Labute approximate surface area is 103 Å². The van der Waals surface area contributed by atoms with Crippen molar-refractivity contribution in [2.75, 3.05) is 19.6 Å². The molecule has 94 valence electrons. The molecule has 1 saturated heterocycles. The number of hydrogen-bond acceptors (Lipinski definition) is 3. The molecule has 0 aromatic rings. The summed E-state index contributed by atoms with van der Waals surface area (Å²) in [4.78, 5) is 13.7. The van der Waals surface area contributed by atoms with Gasteiger partial charge in [-0.25, -0.2) is 0 Å². The van der Waals surface area contributed by atoms with Gasteiger partial charge in [0.05, 0.1) is 12.0 Å². The van der Waals surface area contributed by atoms with Crippen LogP contribution in [0.1, 0.15) is 38.5 Å². The Kier molecular flexibility index (Phi) is 4.38. The lowest BCUT2D eigenvalue weighted by Gasteiger charge is -2.18. The predicted molar refractivity (Wildman–Crippen MR) is 65.2 cm³/mol. The van der Waals surface area contributed by atoms with Crippen molar-refractivity contribution in [3.63, 3.8) is 0 Å². The first-order valence-corrected chi connectivity index (χ1v) is 6.72. The van der Waals surface area contributed by atoms with Crippen LogP contribution < -0.4 is 5.32 Å². The van der Waals surface area contributed by atoms with Crippen molar-refractivity contribution in [2.45, 2.75) is 44.6 Å². The second-order valence-corrected chi connectivity index (χ2v) is 5.07. The van der Waals surface area contributed by atoms with Gasteiger partial charge in [0.25, 0.3) is 0 Å². The summed E-state index contributed by atoms with van der Waals surface area (Å²) in [5.74, 6) is 0.415.